The molecule has 1 aromatic rings. The molecule has 0 saturated heterocycles. The number of nitrogens with one attached hydrogen (secondary N) is 1. The Morgan fingerprint density at radius 3 is 2.70 bits per heavy atom. The molecule has 106 valence electrons. The number of aliphatic carboxylic acids is 1. The number of carboxylic acid groups (broad SMARTS) is 1. The fraction of sp³-hybridized carbons (Fsp3) is 0.308. The van der Waals surface area contributed by atoms with Crippen molar-refractivity contribution < 1.29 is 19.1 Å². The number of anilines is 1. The Bertz CT molecular complexity index is 568. The summed E-state index contributed by atoms with van der Waals surface area (Å²) < 4.78 is 13.1. The van der Waals surface area contributed by atoms with Crippen LogP contribution in [0.15, 0.2) is 18.2 Å². The van der Waals surface area contributed by atoms with Gasteiger partial charge in [-0.1, -0.05) is 6.92 Å². The van der Waals surface area contributed by atoms with Gasteiger partial charge in [0.05, 0.1) is 5.56 Å². The predicted octanol–water partition coefficient (Wildman–Crippen LogP) is 2.02. The van der Waals surface area contributed by atoms with E-state index in [1.807, 2.05) is 0 Å². The summed E-state index contributed by atoms with van der Waals surface area (Å²) in [7, 11) is 1.35. The fourth-order valence-corrected chi connectivity index (χ4v) is 1.66. The summed E-state index contributed by atoms with van der Waals surface area (Å²) in [6, 6.07) is 3.60. The third-order valence-electron chi connectivity index (χ3n) is 2.80. The maximum absolute atomic E-state index is 13.1. The summed E-state index contributed by atoms with van der Waals surface area (Å²) in [5, 5.41) is 20.1. The maximum atomic E-state index is 13.1. The Morgan fingerprint density at radius 2 is 2.20 bits per heavy atom. The molecule has 0 aromatic heterocycles. The first-order chi connectivity index (χ1) is 9.40. The zero-order valence-electron chi connectivity index (χ0n) is 11.1. The Kier molecular flexibility index (Phi) is 5.03. The molecule has 2 N–H and O–H groups in total. The van der Waals surface area contributed by atoms with Crippen molar-refractivity contribution >= 4 is 17.7 Å². The molecule has 1 rings (SSSR count). The van der Waals surface area contributed by atoms with Gasteiger partial charge in [-0.3, -0.25) is 0 Å². The molecule has 1 aromatic carbocycles. The van der Waals surface area contributed by atoms with Gasteiger partial charge in [-0.2, -0.15) is 5.26 Å². The van der Waals surface area contributed by atoms with Gasteiger partial charge in [-0.05, 0) is 24.6 Å². The first-order valence-corrected chi connectivity index (χ1v) is 5.87. The normalized spacial score (nSPS) is 11.3. The van der Waals surface area contributed by atoms with Gasteiger partial charge in [-0.15, -0.1) is 0 Å². The topological polar surface area (TPSA) is 93.4 Å². The highest BCUT2D eigenvalue weighted by Crippen LogP contribution is 2.15. The molecule has 0 fully saturated rings. The zero-order valence-corrected chi connectivity index (χ0v) is 11.1. The van der Waals surface area contributed by atoms with Gasteiger partial charge in [-0.25, -0.2) is 14.0 Å². The standard InChI is InChI=1S/C13H14FN3O3/c1-3-11(12(18)19)17(2)13(20)16-9-4-5-10(14)8(6-9)7-15/h4-6,11H,3H2,1-2H3,(H,16,20)(H,18,19). The molecule has 7 heteroatoms. The number of benzene rings is 1. The van der Waals surface area contributed by atoms with Crippen LogP contribution in [0.2, 0.25) is 0 Å². The van der Waals surface area contributed by atoms with Crippen molar-refractivity contribution in [2.75, 3.05) is 12.4 Å². The second-order valence-electron chi connectivity index (χ2n) is 4.11. The minimum Gasteiger partial charge on any atom is -0.480 e. The van der Waals surface area contributed by atoms with Gasteiger partial charge in [0.1, 0.15) is 17.9 Å². The quantitative estimate of drug-likeness (QED) is 0.881. The van der Waals surface area contributed by atoms with E-state index >= 15 is 0 Å². The second-order valence-corrected chi connectivity index (χ2v) is 4.11. The first-order valence-electron chi connectivity index (χ1n) is 5.87. The lowest BCUT2D eigenvalue weighted by molar-refractivity contribution is -0.141. The number of rotatable bonds is 4. The highest BCUT2D eigenvalue weighted by molar-refractivity contribution is 5.92. The molecule has 0 aliphatic heterocycles. The summed E-state index contributed by atoms with van der Waals surface area (Å²) in [6.07, 6.45) is 0.256. The summed E-state index contributed by atoms with van der Waals surface area (Å²) >= 11 is 0. The largest absolute Gasteiger partial charge is 0.480 e. The Morgan fingerprint density at radius 1 is 1.55 bits per heavy atom. The highest BCUT2D eigenvalue weighted by atomic mass is 19.1. The summed E-state index contributed by atoms with van der Waals surface area (Å²) in [5.41, 5.74) is 0.0239. The third kappa shape index (κ3) is 3.45. The Hall–Kier alpha value is -2.62. The average Bonchev–Trinajstić information content (AvgIpc) is 2.41. The van der Waals surface area contributed by atoms with Gasteiger partial charge < -0.3 is 15.3 Å². The number of likely N-dealkylation sites (N-methyl/N-ethyl adjacent to an activating group) is 1. The van der Waals surface area contributed by atoms with Crippen LogP contribution in [0.3, 0.4) is 0 Å². The van der Waals surface area contributed by atoms with Gasteiger partial charge in [0.25, 0.3) is 0 Å². The minimum atomic E-state index is -1.11. The van der Waals surface area contributed by atoms with E-state index in [9.17, 15) is 14.0 Å². The van der Waals surface area contributed by atoms with Crippen LogP contribution in [0.5, 0.6) is 0 Å². The lowest BCUT2D eigenvalue weighted by atomic mass is 10.2. The summed E-state index contributed by atoms with van der Waals surface area (Å²) in [4.78, 5) is 23.9. The van der Waals surface area contributed by atoms with E-state index in [0.717, 1.165) is 11.0 Å². The number of urea groups is 1. The molecular weight excluding hydrogens is 265 g/mol. The van der Waals surface area contributed by atoms with E-state index in [1.165, 1.54) is 19.2 Å². The second kappa shape index (κ2) is 6.52. The number of hydrogen-bond donors (Lipinski definition) is 2. The number of hydrogen-bond acceptors (Lipinski definition) is 3. The van der Waals surface area contributed by atoms with Crippen molar-refractivity contribution in [2.24, 2.45) is 0 Å². The molecule has 0 saturated carbocycles. The van der Waals surface area contributed by atoms with Gasteiger partial charge in [0.15, 0.2) is 0 Å². The van der Waals surface area contributed by atoms with Crippen molar-refractivity contribution in [3.63, 3.8) is 0 Å². The van der Waals surface area contributed by atoms with Crippen LogP contribution in [0.4, 0.5) is 14.9 Å². The zero-order chi connectivity index (χ0) is 15.3. The maximum Gasteiger partial charge on any atom is 0.326 e. The molecule has 0 radical (unpaired) electrons. The molecular formula is C13H14FN3O3. The molecule has 1 unspecified atom stereocenters. The summed E-state index contributed by atoms with van der Waals surface area (Å²) in [5.74, 6) is -1.79. The van der Waals surface area contributed by atoms with E-state index in [0.29, 0.717) is 0 Å². The molecule has 0 bridgehead atoms. The van der Waals surface area contributed by atoms with Crippen molar-refractivity contribution in [1.82, 2.24) is 4.90 Å². The Balaban J connectivity index is 2.86. The Labute approximate surface area is 115 Å². The van der Waals surface area contributed by atoms with Crippen molar-refractivity contribution in [2.45, 2.75) is 19.4 Å². The van der Waals surface area contributed by atoms with Crippen molar-refractivity contribution in [3.05, 3.63) is 29.6 Å². The van der Waals surface area contributed by atoms with E-state index < -0.39 is 23.9 Å². The van der Waals surface area contributed by atoms with Crippen LogP contribution in [0.1, 0.15) is 18.9 Å². The molecule has 0 spiro atoms. The molecule has 2 amide bonds. The number of carbonyl (C=O) groups excluding carboxylic acids is 1. The SMILES string of the molecule is CCC(C(=O)O)N(C)C(=O)Nc1ccc(F)c(C#N)c1. The number of amides is 2. The predicted molar refractivity (Wildman–Crippen MR) is 69.6 cm³/mol. The first kappa shape index (κ1) is 15.4. The van der Waals surface area contributed by atoms with Gasteiger partial charge in [0, 0.05) is 12.7 Å². The lowest BCUT2D eigenvalue weighted by Crippen LogP contribution is -2.44. The van der Waals surface area contributed by atoms with Crippen LogP contribution < -0.4 is 5.32 Å². The molecule has 1 atom stereocenters. The van der Waals surface area contributed by atoms with E-state index in [2.05, 4.69) is 5.32 Å². The van der Waals surface area contributed by atoms with Crippen LogP contribution in [-0.4, -0.2) is 35.1 Å². The number of carboxylic acids is 1. The number of nitriles is 1. The van der Waals surface area contributed by atoms with Crippen LogP contribution in [0.25, 0.3) is 0 Å². The van der Waals surface area contributed by atoms with E-state index in [1.54, 1.807) is 13.0 Å². The number of carbonyl (C=O) groups is 2. The van der Waals surface area contributed by atoms with Crippen LogP contribution >= 0.6 is 0 Å². The third-order valence-corrected chi connectivity index (χ3v) is 2.80. The minimum absolute atomic E-state index is 0.198. The monoisotopic (exact) mass is 279 g/mol. The van der Waals surface area contributed by atoms with E-state index in [-0.39, 0.29) is 17.7 Å². The van der Waals surface area contributed by atoms with E-state index in [4.69, 9.17) is 10.4 Å². The van der Waals surface area contributed by atoms with Crippen LogP contribution in [-0.2, 0) is 4.79 Å². The summed E-state index contributed by atoms with van der Waals surface area (Å²) in [6.45, 7) is 1.65. The van der Waals surface area contributed by atoms with Crippen molar-refractivity contribution in [3.8, 4) is 6.07 Å². The van der Waals surface area contributed by atoms with Gasteiger partial charge >= 0.3 is 12.0 Å². The highest BCUT2D eigenvalue weighted by Gasteiger charge is 2.24. The molecule has 0 aliphatic rings. The lowest BCUT2D eigenvalue weighted by Gasteiger charge is -2.24. The molecule has 0 aliphatic carbocycles. The van der Waals surface area contributed by atoms with Crippen LogP contribution in [0, 0.1) is 17.1 Å². The van der Waals surface area contributed by atoms with Crippen molar-refractivity contribution in [1.29, 1.82) is 5.26 Å². The number of nitrogens with zero attached hydrogens (tertiary/aromatic N) is 2. The molecule has 20 heavy (non-hydrogen) atoms. The number of halogens is 1. The fourth-order valence-electron chi connectivity index (χ4n) is 1.66. The smallest absolute Gasteiger partial charge is 0.326 e. The molecule has 6 nitrogen and oxygen atoms in total. The average molecular weight is 279 g/mol. The molecule has 0 heterocycles. The van der Waals surface area contributed by atoms with Gasteiger partial charge in [0.2, 0.25) is 0 Å².